The molecule has 0 bridgehead atoms. The molecule has 2 N–H and O–H groups in total. The second-order valence-electron chi connectivity index (χ2n) is 8.82. The van der Waals surface area contributed by atoms with Gasteiger partial charge in [0, 0.05) is 39.6 Å². The molecule has 1 aromatic heterocycles. The van der Waals surface area contributed by atoms with Gasteiger partial charge in [0.25, 0.3) is 0 Å². The number of ketones is 1. The van der Waals surface area contributed by atoms with Crippen LogP contribution < -0.4 is 0 Å². The minimum absolute atomic E-state index is 0.0383. The summed E-state index contributed by atoms with van der Waals surface area (Å²) in [4.78, 5) is 24.9. The minimum atomic E-state index is -0.735. The number of unbranched alkanes of at least 4 members (excludes halogenated alkanes) is 1. The van der Waals surface area contributed by atoms with Gasteiger partial charge in [-0.15, -0.1) is 11.3 Å². The lowest BCUT2D eigenvalue weighted by Crippen LogP contribution is -2.19. The van der Waals surface area contributed by atoms with Gasteiger partial charge in [-0.1, -0.05) is 66.8 Å². The zero-order chi connectivity index (χ0) is 25.2. The van der Waals surface area contributed by atoms with E-state index in [2.05, 4.69) is 6.58 Å². The summed E-state index contributed by atoms with van der Waals surface area (Å²) in [7, 11) is 0. The molecule has 1 aromatic carbocycles. The van der Waals surface area contributed by atoms with E-state index in [9.17, 15) is 19.8 Å². The van der Waals surface area contributed by atoms with Gasteiger partial charge in [-0.25, -0.2) is 0 Å². The average molecular weight is 517 g/mol. The predicted octanol–water partition coefficient (Wildman–Crippen LogP) is 5.82. The Labute approximate surface area is 215 Å². The number of carbonyl (C=O) groups is 2. The van der Waals surface area contributed by atoms with Gasteiger partial charge in [-0.2, -0.15) is 0 Å². The number of aryl methyl sites for hydroxylation is 1. The first-order valence-corrected chi connectivity index (χ1v) is 13.2. The van der Waals surface area contributed by atoms with Gasteiger partial charge in [0.2, 0.25) is 0 Å². The Kier molecular flexibility index (Phi) is 10.7. The van der Waals surface area contributed by atoms with E-state index in [0.717, 1.165) is 20.0 Å². The highest BCUT2D eigenvalue weighted by Gasteiger charge is 2.39. The van der Waals surface area contributed by atoms with Crippen molar-refractivity contribution in [1.82, 2.24) is 0 Å². The van der Waals surface area contributed by atoms with Crippen LogP contribution in [0.25, 0.3) is 10.1 Å². The number of hydrogen-bond donors (Lipinski definition) is 2. The third-order valence-electron chi connectivity index (χ3n) is 6.23. The second-order valence-corrected chi connectivity index (χ2v) is 10.3. The first-order chi connectivity index (χ1) is 16.9. The van der Waals surface area contributed by atoms with Gasteiger partial charge >= 0.3 is 5.97 Å². The van der Waals surface area contributed by atoms with Crippen molar-refractivity contribution in [2.45, 2.75) is 57.2 Å². The fraction of sp³-hybridized carbons (Fsp3) is 0.429. The Hall–Kier alpha value is -2.25. The number of Topliss-reactive ketones (excluding diaryl/α,β-unsaturated/α-hetero) is 1. The van der Waals surface area contributed by atoms with Crippen molar-refractivity contribution in [2.75, 3.05) is 6.61 Å². The number of esters is 1. The fourth-order valence-corrected chi connectivity index (χ4v) is 5.88. The molecule has 1 aliphatic rings. The van der Waals surface area contributed by atoms with Crippen LogP contribution in [0.5, 0.6) is 0 Å². The molecular formula is C28H33ClO5S. The lowest BCUT2D eigenvalue weighted by Gasteiger charge is -2.16. The van der Waals surface area contributed by atoms with Gasteiger partial charge in [0.1, 0.15) is 12.4 Å². The number of hydrogen-bond acceptors (Lipinski definition) is 6. The topological polar surface area (TPSA) is 83.8 Å². The van der Waals surface area contributed by atoms with E-state index in [-0.39, 0.29) is 36.6 Å². The molecule has 5 nitrogen and oxygen atoms in total. The second kappa shape index (κ2) is 13.7. The first kappa shape index (κ1) is 27.3. The normalized spacial score (nSPS) is 21.3. The Morgan fingerprint density at radius 2 is 2.11 bits per heavy atom. The van der Waals surface area contributed by atoms with E-state index in [1.807, 2.05) is 36.4 Å². The number of aliphatic hydroxyl groups excluding tert-OH is 2. The number of halogens is 1. The summed E-state index contributed by atoms with van der Waals surface area (Å²) in [5, 5.41) is 22.7. The fourth-order valence-electron chi connectivity index (χ4n) is 4.33. The highest BCUT2D eigenvalue weighted by Crippen LogP contribution is 2.36. The number of benzene rings is 1. The standard InChI is InChI=1S/C28H33ClO5S/c1-2-17-34-27(33)12-6-4-3-5-9-20-21(24(32)18-23(20)31)15-13-19(30)14-16-26-28(29)22-10-7-8-11-25(22)35-26/h2-3,5,7-8,10-11,13,15,19-21,24,30,32H,1,4,6,9,12,14,16-18H2/t19?,20-,21-,24-/m1/s1. The van der Waals surface area contributed by atoms with E-state index in [0.29, 0.717) is 38.5 Å². The molecule has 1 saturated carbocycles. The number of allylic oxidation sites excluding steroid dienone is 2. The molecule has 0 amide bonds. The Balaban J connectivity index is 1.47. The summed E-state index contributed by atoms with van der Waals surface area (Å²) < 4.78 is 6.07. The number of aliphatic hydroxyl groups is 2. The third-order valence-corrected chi connectivity index (χ3v) is 8.00. The lowest BCUT2D eigenvalue weighted by atomic mass is 9.90. The van der Waals surface area contributed by atoms with E-state index < -0.39 is 12.2 Å². The van der Waals surface area contributed by atoms with Crippen molar-refractivity contribution in [3.63, 3.8) is 0 Å². The van der Waals surface area contributed by atoms with Crippen molar-refractivity contribution >= 4 is 44.8 Å². The highest BCUT2D eigenvalue weighted by atomic mass is 35.5. The maximum absolute atomic E-state index is 12.4. The third kappa shape index (κ3) is 7.87. The smallest absolute Gasteiger partial charge is 0.306 e. The average Bonchev–Trinajstić information content (AvgIpc) is 3.31. The quantitative estimate of drug-likeness (QED) is 0.199. The molecule has 4 atom stereocenters. The van der Waals surface area contributed by atoms with Crippen LogP contribution in [0.4, 0.5) is 0 Å². The van der Waals surface area contributed by atoms with Crippen molar-refractivity contribution in [1.29, 1.82) is 0 Å². The van der Waals surface area contributed by atoms with Crippen molar-refractivity contribution in [3.05, 3.63) is 71.1 Å². The molecule has 1 heterocycles. The molecule has 35 heavy (non-hydrogen) atoms. The zero-order valence-corrected chi connectivity index (χ0v) is 21.3. The SMILES string of the molecule is C=CCOC(=O)CCCC=CC[C@H]1C(=O)C[C@@H](O)[C@@H]1C=CC(O)CCc1sc2ccccc2c1Cl. The van der Waals surface area contributed by atoms with Gasteiger partial charge in [0.05, 0.1) is 17.2 Å². The van der Waals surface area contributed by atoms with E-state index >= 15 is 0 Å². The van der Waals surface area contributed by atoms with Crippen LogP contribution in [0.3, 0.4) is 0 Å². The maximum atomic E-state index is 12.4. The Morgan fingerprint density at radius 3 is 2.89 bits per heavy atom. The number of thiophene rings is 1. The highest BCUT2D eigenvalue weighted by molar-refractivity contribution is 7.19. The monoisotopic (exact) mass is 516 g/mol. The van der Waals surface area contributed by atoms with Crippen LogP contribution in [0.15, 0.2) is 61.2 Å². The van der Waals surface area contributed by atoms with Gasteiger partial charge in [-0.3, -0.25) is 9.59 Å². The molecule has 0 aliphatic heterocycles. The van der Waals surface area contributed by atoms with Gasteiger partial charge in [0.15, 0.2) is 0 Å². The molecule has 3 rings (SSSR count). The van der Waals surface area contributed by atoms with Gasteiger partial charge in [-0.05, 0) is 38.2 Å². The van der Waals surface area contributed by atoms with Crippen molar-refractivity contribution < 1.29 is 24.5 Å². The molecule has 2 aromatic rings. The van der Waals surface area contributed by atoms with Crippen molar-refractivity contribution in [2.24, 2.45) is 11.8 Å². The summed E-state index contributed by atoms with van der Waals surface area (Å²) in [5.41, 5.74) is 0. The number of fused-ring (bicyclic) bond motifs is 1. The molecule has 0 spiro atoms. The molecule has 7 heteroatoms. The van der Waals surface area contributed by atoms with E-state index in [4.69, 9.17) is 16.3 Å². The molecule has 0 radical (unpaired) electrons. The van der Waals surface area contributed by atoms with Crippen LogP contribution in [-0.4, -0.2) is 40.8 Å². The zero-order valence-electron chi connectivity index (χ0n) is 19.8. The number of carbonyl (C=O) groups excluding carboxylic acids is 2. The maximum Gasteiger partial charge on any atom is 0.306 e. The van der Waals surface area contributed by atoms with E-state index in [1.54, 1.807) is 23.5 Å². The van der Waals surface area contributed by atoms with Crippen LogP contribution in [0, 0.1) is 11.8 Å². The summed E-state index contributed by atoms with van der Waals surface area (Å²) in [5.74, 6) is -0.829. The summed E-state index contributed by atoms with van der Waals surface area (Å²) in [6.07, 6.45) is 11.1. The van der Waals surface area contributed by atoms with Crippen LogP contribution in [-0.2, 0) is 20.7 Å². The van der Waals surface area contributed by atoms with Crippen molar-refractivity contribution in [3.8, 4) is 0 Å². The summed E-state index contributed by atoms with van der Waals surface area (Å²) in [6.45, 7) is 3.73. The Morgan fingerprint density at radius 1 is 1.31 bits per heavy atom. The summed E-state index contributed by atoms with van der Waals surface area (Å²) >= 11 is 8.14. The number of ether oxygens (including phenoxy) is 1. The van der Waals surface area contributed by atoms with E-state index in [1.165, 1.54) is 6.08 Å². The van der Waals surface area contributed by atoms with Crippen LogP contribution >= 0.6 is 22.9 Å². The molecule has 1 aliphatic carbocycles. The van der Waals surface area contributed by atoms with Crippen LogP contribution in [0.1, 0.15) is 43.4 Å². The summed E-state index contributed by atoms with van der Waals surface area (Å²) in [6, 6.07) is 7.98. The number of rotatable bonds is 13. The molecule has 1 unspecified atom stereocenters. The van der Waals surface area contributed by atoms with Crippen LogP contribution in [0.2, 0.25) is 5.02 Å². The Bertz CT molecular complexity index is 1070. The first-order valence-electron chi connectivity index (χ1n) is 12.0. The molecular weight excluding hydrogens is 484 g/mol. The van der Waals surface area contributed by atoms with Gasteiger partial charge < -0.3 is 14.9 Å². The molecule has 188 valence electrons. The molecule has 0 saturated heterocycles. The lowest BCUT2D eigenvalue weighted by molar-refractivity contribution is -0.142. The predicted molar refractivity (Wildman–Crippen MR) is 142 cm³/mol. The molecule has 1 fully saturated rings. The minimum Gasteiger partial charge on any atom is -0.461 e. The largest absolute Gasteiger partial charge is 0.461 e.